The molecule has 1 N–H and O–H groups in total. The highest BCUT2D eigenvalue weighted by Gasteiger charge is 2.26. The molecule has 0 spiro atoms. The van der Waals surface area contributed by atoms with Crippen molar-refractivity contribution in [3.63, 3.8) is 0 Å². The molecule has 1 aromatic heterocycles. The molecule has 1 fully saturated rings. The molecule has 25 heavy (non-hydrogen) atoms. The van der Waals surface area contributed by atoms with Crippen molar-refractivity contribution in [3.8, 4) is 5.75 Å². The predicted molar refractivity (Wildman–Crippen MR) is 100 cm³/mol. The molecule has 1 heterocycles. The maximum Gasteiger partial charge on any atom is 0.412 e. The highest BCUT2D eigenvalue weighted by molar-refractivity contribution is 5.85. The Bertz CT molecular complexity index is 752. The standard InChI is InChI=1S/C20H29N3O2/c1-20(2,3)18-22-17-15(11-8-12-16(17)25-19(24)21-4)23(18)13-14-9-6-5-7-10-14/h8,11-12,14H,5-7,9-10,13H2,1-4H3,(H,21,24). The van der Waals surface area contributed by atoms with Gasteiger partial charge in [-0.25, -0.2) is 9.78 Å². The molecule has 1 amide bonds. The molecule has 0 unspecified atom stereocenters. The van der Waals surface area contributed by atoms with Gasteiger partial charge in [-0.15, -0.1) is 0 Å². The number of nitrogens with zero attached hydrogens (tertiary/aromatic N) is 2. The minimum absolute atomic E-state index is 0.0715. The molecule has 0 saturated heterocycles. The Morgan fingerprint density at radius 1 is 1.28 bits per heavy atom. The van der Waals surface area contributed by atoms with Crippen molar-refractivity contribution in [3.05, 3.63) is 24.0 Å². The Hall–Kier alpha value is -2.04. The first kappa shape index (κ1) is 17.8. The van der Waals surface area contributed by atoms with Crippen LogP contribution >= 0.6 is 0 Å². The molecule has 1 aromatic carbocycles. The van der Waals surface area contributed by atoms with E-state index in [2.05, 4.69) is 36.7 Å². The summed E-state index contributed by atoms with van der Waals surface area (Å²) in [5, 5.41) is 2.50. The van der Waals surface area contributed by atoms with Gasteiger partial charge in [0.25, 0.3) is 0 Å². The fourth-order valence-corrected chi connectivity index (χ4v) is 3.74. The fourth-order valence-electron chi connectivity index (χ4n) is 3.74. The number of fused-ring (bicyclic) bond motifs is 1. The summed E-state index contributed by atoms with van der Waals surface area (Å²) in [5.74, 6) is 2.28. The summed E-state index contributed by atoms with van der Waals surface area (Å²) in [5.41, 5.74) is 1.75. The largest absolute Gasteiger partial charge is 0.412 e. The molecule has 0 bridgehead atoms. The minimum Gasteiger partial charge on any atom is -0.408 e. The molecular formula is C20H29N3O2. The first-order valence-corrected chi connectivity index (χ1v) is 9.29. The average molecular weight is 343 g/mol. The number of carbonyl (C=O) groups is 1. The lowest BCUT2D eigenvalue weighted by molar-refractivity contribution is 0.203. The zero-order chi connectivity index (χ0) is 18.0. The predicted octanol–water partition coefficient (Wildman–Crippen LogP) is 4.63. The van der Waals surface area contributed by atoms with Crippen molar-refractivity contribution >= 4 is 17.1 Å². The SMILES string of the molecule is CNC(=O)Oc1cccc2c1nc(C(C)(C)C)n2CC1CCCCC1. The second-order valence-electron chi connectivity index (χ2n) is 8.06. The van der Waals surface area contributed by atoms with Gasteiger partial charge in [0, 0.05) is 19.0 Å². The van der Waals surface area contributed by atoms with E-state index in [0.29, 0.717) is 11.7 Å². The third kappa shape index (κ3) is 3.80. The number of rotatable bonds is 3. The molecule has 0 atom stereocenters. The number of benzene rings is 1. The van der Waals surface area contributed by atoms with Crippen molar-refractivity contribution in [1.82, 2.24) is 14.9 Å². The van der Waals surface area contributed by atoms with Gasteiger partial charge >= 0.3 is 6.09 Å². The maximum atomic E-state index is 11.7. The molecule has 1 aliphatic carbocycles. The summed E-state index contributed by atoms with van der Waals surface area (Å²) in [7, 11) is 1.56. The maximum absolute atomic E-state index is 11.7. The van der Waals surface area contributed by atoms with E-state index in [1.807, 2.05) is 12.1 Å². The van der Waals surface area contributed by atoms with Crippen LogP contribution in [0.1, 0.15) is 58.7 Å². The van der Waals surface area contributed by atoms with Gasteiger partial charge in [0.2, 0.25) is 0 Å². The molecule has 3 rings (SSSR count). The van der Waals surface area contributed by atoms with E-state index >= 15 is 0 Å². The second-order valence-corrected chi connectivity index (χ2v) is 8.06. The zero-order valence-corrected chi connectivity index (χ0v) is 15.8. The summed E-state index contributed by atoms with van der Waals surface area (Å²) in [6.45, 7) is 7.55. The molecule has 5 heteroatoms. The van der Waals surface area contributed by atoms with E-state index < -0.39 is 6.09 Å². The molecule has 1 aliphatic rings. The molecule has 0 aliphatic heterocycles. The number of nitrogens with one attached hydrogen (secondary N) is 1. The monoisotopic (exact) mass is 343 g/mol. The number of imidazole rings is 1. The molecule has 0 radical (unpaired) electrons. The minimum atomic E-state index is -0.466. The van der Waals surface area contributed by atoms with Crippen LogP contribution < -0.4 is 10.1 Å². The third-order valence-corrected chi connectivity index (χ3v) is 4.98. The highest BCUT2D eigenvalue weighted by atomic mass is 16.6. The smallest absolute Gasteiger partial charge is 0.408 e. The average Bonchev–Trinajstić information content (AvgIpc) is 2.96. The van der Waals surface area contributed by atoms with Crippen molar-refractivity contribution in [2.24, 2.45) is 5.92 Å². The summed E-state index contributed by atoms with van der Waals surface area (Å²) in [4.78, 5) is 16.6. The van der Waals surface area contributed by atoms with Gasteiger partial charge < -0.3 is 14.6 Å². The normalized spacial score (nSPS) is 16.2. The number of ether oxygens (including phenoxy) is 1. The van der Waals surface area contributed by atoms with Gasteiger partial charge in [-0.2, -0.15) is 0 Å². The Morgan fingerprint density at radius 3 is 2.64 bits per heavy atom. The lowest BCUT2D eigenvalue weighted by Crippen LogP contribution is -2.22. The van der Waals surface area contributed by atoms with Crippen molar-refractivity contribution < 1.29 is 9.53 Å². The second kappa shape index (κ2) is 7.06. The first-order valence-electron chi connectivity index (χ1n) is 9.29. The van der Waals surface area contributed by atoms with E-state index in [9.17, 15) is 4.79 Å². The van der Waals surface area contributed by atoms with E-state index in [1.165, 1.54) is 32.1 Å². The van der Waals surface area contributed by atoms with Gasteiger partial charge in [0.15, 0.2) is 5.75 Å². The Balaban J connectivity index is 2.06. The summed E-state index contributed by atoms with van der Waals surface area (Å²) in [6, 6.07) is 5.82. The van der Waals surface area contributed by atoms with Gasteiger partial charge in [-0.1, -0.05) is 46.1 Å². The van der Waals surface area contributed by atoms with Crippen LogP contribution in [0.5, 0.6) is 5.75 Å². The van der Waals surface area contributed by atoms with E-state index in [0.717, 1.165) is 23.4 Å². The molecule has 1 saturated carbocycles. The Kier molecular flexibility index (Phi) is 5.02. The fraction of sp³-hybridized carbons (Fsp3) is 0.600. The van der Waals surface area contributed by atoms with Crippen molar-refractivity contribution in [1.29, 1.82) is 0 Å². The number of aromatic nitrogens is 2. The quantitative estimate of drug-likeness (QED) is 0.884. The number of amides is 1. The van der Waals surface area contributed by atoms with Gasteiger partial charge in [-0.3, -0.25) is 0 Å². The third-order valence-electron chi connectivity index (χ3n) is 4.98. The lowest BCUT2D eigenvalue weighted by Gasteiger charge is -2.26. The van der Waals surface area contributed by atoms with Crippen LogP contribution in [0.25, 0.3) is 11.0 Å². The highest BCUT2D eigenvalue weighted by Crippen LogP contribution is 2.34. The van der Waals surface area contributed by atoms with Gasteiger partial charge in [-0.05, 0) is 30.9 Å². The number of hydrogen-bond donors (Lipinski definition) is 1. The topological polar surface area (TPSA) is 56.1 Å². The van der Waals surface area contributed by atoms with Crippen LogP contribution in [-0.2, 0) is 12.0 Å². The van der Waals surface area contributed by atoms with E-state index in [-0.39, 0.29) is 5.41 Å². The summed E-state index contributed by atoms with van der Waals surface area (Å²) >= 11 is 0. The molecule has 5 nitrogen and oxygen atoms in total. The van der Waals surface area contributed by atoms with Crippen LogP contribution in [0.2, 0.25) is 0 Å². The number of para-hydroxylation sites is 1. The molecular weight excluding hydrogens is 314 g/mol. The van der Waals surface area contributed by atoms with Crippen molar-refractivity contribution in [2.45, 2.75) is 64.8 Å². The van der Waals surface area contributed by atoms with Crippen molar-refractivity contribution in [2.75, 3.05) is 7.05 Å². The molecule has 136 valence electrons. The van der Waals surface area contributed by atoms with Gasteiger partial charge in [0.05, 0.1) is 5.52 Å². The van der Waals surface area contributed by atoms with Crippen LogP contribution in [0.3, 0.4) is 0 Å². The van der Waals surface area contributed by atoms with E-state index in [4.69, 9.17) is 9.72 Å². The summed E-state index contributed by atoms with van der Waals surface area (Å²) < 4.78 is 7.77. The van der Waals surface area contributed by atoms with Crippen LogP contribution in [0.15, 0.2) is 18.2 Å². The lowest BCUT2D eigenvalue weighted by atomic mass is 9.88. The Labute approximate surface area is 149 Å². The molecule has 2 aromatic rings. The van der Waals surface area contributed by atoms with Gasteiger partial charge in [0.1, 0.15) is 11.3 Å². The van der Waals surface area contributed by atoms with Crippen LogP contribution in [0, 0.1) is 5.92 Å². The Morgan fingerprint density at radius 2 is 2.00 bits per heavy atom. The first-order chi connectivity index (χ1) is 11.9. The van der Waals surface area contributed by atoms with Crippen LogP contribution in [-0.4, -0.2) is 22.7 Å². The number of hydrogen-bond acceptors (Lipinski definition) is 3. The number of carbonyl (C=O) groups excluding carboxylic acids is 1. The van der Waals surface area contributed by atoms with E-state index in [1.54, 1.807) is 7.05 Å². The zero-order valence-electron chi connectivity index (χ0n) is 15.8. The summed E-state index contributed by atoms with van der Waals surface area (Å²) in [6.07, 6.45) is 6.12. The van der Waals surface area contributed by atoms with Crippen LogP contribution in [0.4, 0.5) is 4.79 Å².